The number of aliphatic hydroxyl groups is 3. The van der Waals surface area contributed by atoms with Crippen LogP contribution in [0.25, 0.3) is 22.3 Å². The first-order valence-corrected chi connectivity index (χ1v) is 9.61. The molecule has 1 aliphatic rings. The minimum atomic E-state index is -1.62. The summed E-state index contributed by atoms with van der Waals surface area (Å²) < 4.78 is 22.2. The van der Waals surface area contributed by atoms with E-state index in [1.54, 1.807) is 24.3 Å². The van der Waals surface area contributed by atoms with Crippen molar-refractivity contribution in [1.29, 1.82) is 0 Å². The summed E-state index contributed by atoms with van der Waals surface area (Å²) in [5.74, 6) is -0.464. The highest BCUT2D eigenvalue weighted by atomic mass is 16.7. The zero-order valence-corrected chi connectivity index (χ0v) is 16.8. The van der Waals surface area contributed by atoms with Crippen molar-refractivity contribution in [2.24, 2.45) is 0 Å². The Morgan fingerprint density at radius 1 is 0.968 bits per heavy atom. The predicted molar refractivity (Wildman–Crippen MR) is 109 cm³/mol. The molecule has 3 aromatic rings. The van der Waals surface area contributed by atoms with Crippen LogP contribution in [-0.2, 0) is 4.74 Å². The van der Waals surface area contributed by atoms with E-state index in [1.165, 1.54) is 26.2 Å². The van der Waals surface area contributed by atoms with Gasteiger partial charge < -0.3 is 39.1 Å². The highest BCUT2D eigenvalue weighted by Gasteiger charge is 2.43. The lowest BCUT2D eigenvalue weighted by molar-refractivity contribution is -0.268. The number of methoxy groups -OCH3 is 1. The van der Waals surface area contributed by atoms with Gasteiger partial charge >= 0.3 is 0 Å². The maximum Gasteiger partial charge on any atom is 0.229 e. The van der Waals surface area contributed by atoms with Crippen LogP contribution in [0, 0.1) is 0 Å². The molecule has 0 aliphatic carbocycles. The van der Waals surface area contributed by atoms with Crippen molar-refractivity contribution in [3.63, 3.8) is 0 Å². The molecule has 4 rings (SSSR count). The van der Waals surface area contributed by atoms with E-state index in [9.17, 15) is 25.2 Å². The number of benzene rings is 2. The summed E-state index contributed by atoms with van der Waals surface area (Å²) in [6.45, 7) is 1.49. The van der Waals surface area contributed by atoms with Crippen LogP contribution in [0.2, 0.25) is 0 Å². The van der Waals surface area contributed by atoms with E-state index in [0.717, 1.165) is 0 Å². The molecule has 2 aromatic carbocycles. The second-order valence-corrected chi connectivity index (χ2v) is 7.27. The lowest BCUT2D eigenvalue weighted by Gasteiger charge is -2.39. The molecule has 1 fully saturated rings. The molecule has 31 heavy (non-hydrogen) atoms. The molecule has 164 valence electrons. The Morgan fingerprint density at radius 2 is 1.68 bits per heavy atom. The van der Waals surface area contributed by atoms with Gasteiger partial charge in [0, 0.05) is 17.7 Å². The van der Waals surface area contributed by atoms with Crippen molar-refractivity contribution in [1.82, 2.24) is 0 Å². The Balaban J connectivity index is 1.85. The van der Waals surface area contributed by atoms with Gasteiger partial charge in [0.25, 0.3) is 0 Å². The van der Waals surface area contributed by atoms with Gasteiger partial charge in [0.1, 0.15) is 35.0 Å². The van der Waals surface area contributed by atoms with Crippen molar-refractivity contribution < 1.29 is 39.1 Å². The quantitative estimate of drug-likeness (QED) is 0.483. The van der Waals surface area contributed by atoms with Gasteiger partial charge in [0.05, 0.1) is 13.2 Å². The highest BCUT2D eigenvalue weighted by Crippen LogP contribution is 2.43. The van der Waals surface area contributed by atoms with Crippen molar-refractivity contribution in [2.45, 2.75) is 37.6 Å². The van der Waals surface area contributed by atoms with Crippen LogP contribution in [0.3, 0.4) is 0 Å². The van der Waals surface area contributed by atoms with Gasteiger partial charge in [-0.15, -0.1) is 0 Å². The Hall–Kier alpha value is -3.11. The first kappa shape index (κ1) is 21.1. The number of aliphatic hydroxyl groups excluding tert-OH is 3. The third-order valence-corrected chi connectivity index (χ3v) is 5.21. The summed E-state index contributed by atoms with van der Waals surface area (Å²) in [6.07, 6.45) is -6.79. The number of fused-ring (bicyclic) bond motifs is 1. The largest absolute Gasteiger partial charge is 0.504 e. The predicted octanol–water partition coefficient (Wildman–Crippen LogP) is 1.38. The highest BCUT2D eigenvalue weighted by molar-refractivity contribution is 5.90. The number of phenolic OH excluding ortho intramolecular Hbond substituents is 1. The second kappa shape index (κ2) is 8.20. The molecule has 9 heteroatoms. The Bertz CT molecular complexity index is 1140. The van der Waals surface area contributed by atoms with Crippen LogP contribution in [-0.4, -0.2) is 58.2 Å². The third kappa shape index (κ3) is 3.72. The average Bonchev–Trinajstić information content (AvgIpc) is 2.76. The first-order valence-electron chi connectivity index (χ1n) is 9.61. The van der Waals surface area contributed by atoms with Gasteiger partial charge in [-0.2, -0.15) is 0 Å². The smallest absolute Gasteiger partial charge is 0.229 e. The molecule has 0 spiro atoms. The summed E-state index contributed by atoms with van der Waals surface area (Å²) >= 11 is 0. The molecule has 0 radical (unpaired) electrons. The zero-order chi connectivity index (χ0) is 22.3. The summed E-state index contributed by atoms with van der Waals surface area (Å²) in [4.78, 5) is 13.0. The monoisotopic (exact) mass is 430 g/mol. The van der Waals surface area contributed by atoms with Gasteiger partial charge in [-0.3, -0.25) is 4.79 Å². The van der Waals surface area contributed by atoms with Crippen LogP contribution < -0.4 is 14.9 Å². The minimum absolute atomic E-state index is 0.0265. The van der Waals surface area contributed by atoms with Crippen molar-refractivity contribution in [3.05, 3.63) is 52.7 Å². The fraction of sp³-hybridized carbons (Fsp3) is 0.318. The number of ether oxygens (including phenoxy) is 3. The molecule has 5 atom stereocenters. The SMILES string of the molecule is COc1c(O)cc2oc(-c3ccccc3)cc(=O)c2c1O[C@@H]1O[C@@H](C)[C@H](O)[C@H](O)[C@H]1O. The number of rotatable bonds is 4. The Labute approximate surface area is 176 Å². The van der Waals surface area contributed by atoms with Gasteiger partial charge in [0.2, 0.25) is 12.0 Å². The molecule has 0 unspecified atom stereocenters. The van der Waals surface area contributed by atoms with E-state index in [2.05, 4.69) is 0 Å². The van der Waals surface area contributed by atoms with Crippen LogP contribution in [0.5, 0.6) is 17.2 Å². The lowest BCUT2D eigenvalue weighted by atomic mass is 10.00. The van der Waals surface area contributed by atoms with E-state index >= 15 is 0 Å². The topological polar surface area (TPSA) is 139 Å². The van der Waals surface area contributed by atoms with E-state index in [4.69, 9.17) is 18.6 Å². The minimum Gasteiger partial charge on any atom is -0.504 e. The molecule has 9 nitrogen and oxygen atoms in total. The first-order chi connectivity index (χ1) is 14.8. The summed E-state index contributed by atoms with van der Waals surface area (Å²) in [6, 6.07) is 11.5. The Morgan fingerprint density at radius 3 is 2.35 bits per heavy atom. The molecular formula is C22H22O9. The van der Waals surface area contributed by atoms with Crippen LogP contribution in [0.15, 0.2) is 51.7 Å². The third-order valence-electron chi connectivity index (χ3n) is 5.21. The number of hydrogen-bond acceptors (Lipinski definition) is 9. The molecular weight excluding hydrogens is 408 g/mol. The normalized spacial score (nSPS) is 26.0. The summed E-state index contributed by atoms with van der Waals surface area (Å²) in [5, 5.41) is 40.6. The van der Waals surface area contributed by atoms with Crippen LogP contribution in [0.4, 0.5) is 0 Å². The van der Waals surface area contributed by atoms with E-state index in [0.29, 0.717) is 5.56 Å². The average molecular weight is 430 g/mol. The molecule has 0 bridgehead atoms. The van der Waals surface area contributed by atoms with Gasteiger partial charge in [-0.25, -0.2) is 0 Å². The molecule has 0 saturated carbocycles. The van der Waals surface area contributed by atoms with Crippen LogP contribution in [0.1, 0.15) is 6.92 Å². The van der Waals surface area contributed by atoms with Gasteiger partial charge in [0.15, 0.2) is 16.9 Å². The molecule has 1 aliphatic heterocycles. The van der Waals surface area contributed by atoms with E-state index < -0.39 is 36.1 Å². The standard InChI is InChI=1S/C22H22O9/c1-10-17(25)18(26)19(27)22(29-10)31-21-16-12(23)8-14(11-6-4-3-5-7-11)30-15(16)9-13(24)20(21)28-2/h3-10,17-19,22,24-27H,1-2H3/t10-,17-,18-,19+,22-/m0/s1. The summed E-state index contributed by atoms with van der Waals surface area (Å²) in [7, 11) is 1.27. The lowest BCUT2D eigenvalue weighted by Crippen LogP contribution is -2.58. The van der Waals surface area contributed by atoms with Crippen molar-refractivity contribution in [3.8, 4) is 28.6 Å². The number of aromatic hydroxyl groups is 1. The van der Waals surface area contributed by atoms with Crippen molar-refractivity contribution in [2.75, 3.05) is 7.11 Å². The molecule has 1 saturated heterocycles. The van der Waals surface area contributed by atoms with Gasteiger partial charge in [-0.1, -0.05) is 30.3 Å². The van der Waals surface area contributed by atoms with Crippen molar-refractivity contribution >= 4 is 11.0 Å². The molecule has 1 aromatic heterocycles. The van der Waals surface area contributed by atoms with Crippen LogP contribution >= 0.6 is 0 Å². The number of phenols is 1. The maximum absolute atomic E-state index is 13.0. The van der Waals surface area contributed by atoms with E-state index in [-0.39, 0.29) is 34.0 Å². The molecule has 2 heterocycles. The second-order valence-electron chi connectivity index (χ2n) is 7.27. The Kier molecular flexibility index (Phi) is 5.59. The zero-order valence-electron chi connectivity index (χ0n) is 16.8. The summed E-state index contributed by atoms with van der Waals surface area (Å²) in [5.41, 5.74) is 0.210. The fourth-order valence-corrected chi connectivity index (χ4v) is 3.54. The maximum atomic E-state index is 13.0. The fourth-order valence-electron chi connectivity index (χ4n) is 3.54. The molecule has 4 N–H and O–H groups in total. The van der Waals surface area contributed by atoms with Gasteiger partial charge in [-0.05, 0) is 6.92 Å². The van der Waals surface area contributed by atoms with E-state index in [1.807, 2.05) is 6.07 Å². The molecule has 0 amide bonds. The number of hydrogen-bond donors (Lipinski definition) is 4.